The third-order valence-electron chi connectivity index (χ3n) is 3.40. The SMILES string of the molecule is CN1CC[C@@](O)(c2cc(-c3cccc(Cl)n3)no2)C1=O. The Morgan fingerprint density at radius 1 is 1.45 bits per heavy atom. The normalized spacial score (nSPS) is 22.6. The lowest BCUT2D eigenvalue weighted by Crippen LogP contribution is -2.35. The van der Waals surface area contributed by atoms with E-state index >= 15 is 0 Å². The van der Waals surface area contributed by atoms with Gasteiger partial charge in [-0.1, -0.05) is 22.8 Å². The predicted molar refractivity (Wildman–Crippen MR) is 70.9 cm³/mol. The molecule has 1 aliphatic rings. The maximum absolute atomic E-state index is 12.0. The molecule has 1 saturated heterocycles. The molecule has 1 atom stereocenters. The Kier molecular flexibility index (Phi) is 2.99. The maximum Gasteiger partial charge on any atom is 0.262 e. The van der Waals surface area contributed by atoms with E-state index in [0.29, 0.717) is 23.1 Å². The molecule has 104 valence electrons. The third-order valence-corrected chi connectivity index (χ3v) is 3.62. The van der Waals surface area contributed by atoms with Crippen LogP contribution >= 0.6 is 11.6 Å². The lowest BCUT2D eigenvalue weighted by molar-refractivity contribution is -0.144. The summed E-state index contributed by atoms with van der Waals surface area (Å²) in [5.74, 6) is -0.261. The Morgan fingerprint density at radius 3 is 2.90 bits per heavy atom. The van der Waals surface area contributed by atoms with Crippen LogP contribution in [-0.4, -0.2) is 39.6 Å². The fourth-order valence-electron chi connectivity index (χ4n) is 2.22. The van der Waals surface area contributed by atoms with Crippen molar-refractivity contribution in [2.45, 2.75) is 12.0 Å². The van der Waals surface area contributed by atoms with Gasteiger partial charge in [0.25, 0.3) is 5.91 Å². The maximum atomic E-state index is 12.0. The Labute approximate surface area is 120 Å². The highest BCUT2D eigenvalue weighted by Gasteiger charge is 2.48. The molecule has 0 radical (unpaired) electrons. The molecule has 1 amide bonds. The first kappa shape index (κ1) is 13.1. The van der Waals surface area contributed by atoms with Crippen LogP contribution in [0.2, 0.25) is 5.15 Å². The number of carbonyl (C=O) groups excluding carboxylic acids is 1. The number of halogens is 1. The molecular formula is C13H12ClN3O3. The van der Waals surface area contributed by atoms with Gasteiger partial charge in [0.05, 0.1) is 5.69 Å². The summed E-state index contributed by atoms with van der Waals surface area (Å²) in [5.41, 5.74) is -0.688. The monoisotopic (exact) mass is 293 g/mol. The molecule has 0 aliphatic carbocycles. The molecule has 20 heavy (non-hydrogen) atoms. The van der Waals surface area contributed by atoms with Crippen LogP contribution in [0.1, 0.15) is 12.2 Å². The highest BCUT2D eigenvalue weighted by molar-refractivity contribution is 6.29. The minimum Gasteiger partial charge on any atom is -0.373 e. The molecule has 1 N–H and O–H groups in total. The molecule has 2 aromatic rings. The topological polar surface area (TPSA) is 79.5 Å². The summed E-state index contributed by atoms with van der Waals surface area (Å²) in [6.07, 6.45) is 0.278. The smallest absolute Gasteiger partial charge is 0.262 e. The van der Waals surface area contributed by atoms with Crippen LogP contribution in [0.3, 0.4) is 0 Å². The molecule has 1 aliphatic heterocycles. The van der Waals surface area contributed by atoms with E-state index in [1.807, 2.05) is 0 Å². The molecule has 3 rings (SSSR count). The highest BCUT2D eigenvalue weighted by atomic mass is 35.5. The second-order valence-electron chi connectivity index (χ2n) is 4.76. The van der Waals surface area contributed by atoms with Gasteiger partial charge in [0.2, 0.25) is 5.60 Å². The lowest BCUT2D eigenvalue weighted by atomic mass is 9.98. The van der Waals surface area contributed by atoms with Gasteiger partial charge in [-0.05, 0) is 12.1 Å². The summed E-state index contributed by atoms with van der Waals surface area (Å²) in [4.78, 5) is 17.5. The number of rotatable bonds is 2. The van der Waals surface area contributed by atoms with Crippen molar-refractivity contribution in [3.8, 4) is 11.4 Å². The standard InChI is InChI=1S/C13H12ClN3O3/c1-17-6-5-13(19,12(17)18)10-7-9(16-20-10)8-3-2-4-11(14)15-8/h2-4,7,19H,5-6H2,1H3/t13-/m1/s1. The zero-order valence-electron chi connectivity index (χ0n) is 10.7. The van der Waals surface area contributed by atoms with Gasteiger partial charge in [0, 0.05) is 26.1 Å². The van der Waals surface area contributed by atoms with Crippen LogP contribution in [-0.2, 0) is 10.4 Å². The number of aliphatic hydroxyl groups is 1. The van der Waals surface area contributed by atoms with Gasteiger partial charge in [-0.3, -0.25) is 4.79 Å². The fourth-order valence-corrected chi connectivity index (χ4v) is 2.39. The van der Waals surface area contributed by atoms with Gasteiger partial charge >= 0.3 is 0 Å². The van der Waals surface area contributed by atoms with Crippen LogP contribution in [0.15, 0.2) is 28.8 Å². The molecule has 0 aromatic carbocycles. The Hall–Kier alpha value is -1.92. The summed E-state index contributed by atoms with van der Waals surface area (Å²) in [7, 11) is 1.64. The predicted octanol–water partition coefficient (Wildman–Crippen LogP) is 1.44. The molecule has 1 fully saturated rings. The van der Waals surface area contributed by atoms with Crippen LogP contribution in [0.4, 0.5) is 0 Å². The number of pyridine rings is 1. The quantitative estimate of drug-likeness (QED) is 0.848. The van der Waals surface area contributed by atoms with E-state index in [4.69, 9.17) is 16.1 Å². The highest BCUT2D eigenvalue weighted by Crippen LogP contribution is 2.34. The Balaban J connectivity index is 1.97. The van der Waals surface area contributed by atoms with Gasteiger partial charge in [-0.2, -0.15) is 0 Å². The van der Waals surface area contributed by atoms with Gasteiger partial charge in [0.1, 0.15) is 10.8 Å². The first-order valence-electron chi connectivity index (χ1n) is 6.09. The van der Waals surface area contributed by atoms with E-state index in [1.165, 1.54) is 11.0 Å². The summed E-state index contributed by atoms with van der Waals surface area (Å²) < 4.78 is 5.13. The fraction of sp³-hybridized carbons (Fsp3) is 0.308. The molecule has 3 heterocycles. The lowest BCUT2D eigenvalue weighted by Gasteiger charge is -2.16. The average molecular weight is 294 g/mol. The largest absolute Gasteiger partial charge is 0.373 e. The number of likely N-dealkylation sites (N-methyl/N-ethyl adjacent to an activating group) is 1. The van der Waals surface area contributed by atoms with Gasteiger partial charge in [-0.25, -0.2) is 4.98 Å². The van der Waals surface area contributed by atoms with Crippen molar-refractivity contribution in [3.05, 3.63) is 35.2 Å². The number of carbonyl (C=O) groups is 1. The molecule has 0 unspecified atom stereocenters. The van der Waals surface area contributed by atoms with Crippen molar-refractivity contribution in [1.82, 2.24) is 15.0 Å². The van der Waals surface area contributed by atoms with E-state index in [1.54, 1.807) is 25.2 Å². The molecule has 0 saturated carbocycles. The number of aromatic nitrogens is 2. The minimum atomic E-state index is -1.64. The van der Waals surface area contributed by atoms with Crippen LogP contribution in [0.5, 0.6) is 0 Å². The van der Waals surface area contributed by atoms with Gasteiger partial charge in [-0.15, -0.1) is 0 Å². The zero-order chi connectivity index (χ0) is 14.3. The van der Waals surface area contributed by atoms with Crippen molar-refractivity contribution in [1.29, 1.82) is 0 Å². The molecule has 0 bridgehead atoms. The van der Waals surface area contributed by atoms with E-state index in [-0.39, 0.29) is 18.1 Å². The van der Waals surface area contributed by atoms with Crippen molar-refractivity contribution >= 4 is 17.5 Å². The first-order chi connectivity index (χ1) is 9.50. The summed E-state index contributed by atoms with van der Waals surface area (Å²) in [6, 6.07) is 6.63. The molecule has 7 heteroatoms. The summed E-state index contributed by atoms with van der Waals surface area (Å²) in [6.45, 7) is 0.473. The van der Waals surface area contributed by atoms with Crippen LogP contribution < -0.4 is 0 Å². The second-order valence-corrected chi connectivity index (χ2v) is 5.15. The Morgan fingerprint density at radius 2 is 2.25 bits per heavy atom. The number of likely N-dealkylation sites (tertiary alicyclic amines) is 1. The van der Waals surface area contributed by atoms with E-state index < -0.39 is 5.60 Å². The van der Waals surface area contributed by atoms with E-state index in [2.05, 4.69) is 10.1 Å². The van der Waals surface area contributed by atoms with E-state index in [9.17, 15) is 9.90 Å². The average Bonchev–Trinajstić information content (AvgIpc) is 3.02. The molecule has 6 nitrogen and oxygen atoms in total. The minimum absolute atomic E-state index is 0.128. The van der Waals surface area contributed by atoms with Crippen LogP contribution in [0, 0.1) is 0 Å². The number of hydrogen-bond acceptors (Lipinski definition) is 5. The number of amides is 1. The first-order valence-corrected chi connectivity index (χ1v) is 6.46. The van der Waals surface area contributed by atoms with Crippen molar-refractivity contribution in [3.63, 3.8) is 0 Å². The summed E-state index contributed by atoms with van der Waals surface area (Å²) >= 11 is 5.82. The van der Waals surface area contributed by atoms with Crippen molar-refractivity contribution < 1.29 is 14.4 Å². The molecule has 2 aromatic heterocycles. The zero-order valence-corrected chi connectivity index (χ0v) is 11.5. The van der Waals surface area contributed by atoms with Crippen LogP contribution in [0.25, 0.3) is 11.4 Å². The van der Waals surface area contributed by atoms with Gasteiger partial charge in [0.15, 0.2) is 5.76 Å². The Bertz CT molecular complexity index is 672. The third kappa shape index (κ3) is 1.97. The number of hydrogen-bond donors (Lipinski definition) is 1. The molecular weight excluding hydrogens is 282 g/mol. The molecule has 0 spiro atoms. The summed E-state index contributed by atoms with van der Waals surface area (Å²) in [5, 5.41) is 14.6. The second kappa shape index (κ2) is 4.57. The van der Waals surface area contributed by atoms with Crippen molar-refractivity contribution in [2.75, 3.05) is 13.6 Å². The van der Waals surface area contributed by atoms with Crippen molar-refractivity contribution in [2.24, 2.45) is 0 Å². The number of nitrogens with zero attached hydrogens (tertiary/aromatic N) is 3. The van der Waals surface area contributed by atoms with E-state index in [0.717, 1.165) is 0 Å². The van der Waals surface area contributed by atoms with Gasteiger partial charge < -0.3 is 14.5 Å².